The summed E-state index contributed by atoms with van der Waals surface area (Å²) in [6, 6.07) is 13.2. The van der Waals surface area contributed by atoms with E-state index in [2.05, 4.69) is 53.1 Å². The molecule has 5 heteroatoms. The van der Waals surface area contributed by atoms with Gasteiger partial charge in [0.25, 0.3) is 0 Å². The van der Waals surface area contributed by atoms with Gasteiger partial charge in [0.1, 0.15) is 0 Å². The Morgan fingerprint density at radius 2 is 1.68 bits per heavy atom. The van der Waals surface area contributed by atoms with Gasteiger partial charge in [-0.2, -0.15) is 0 Å². The maximum atomic E-state index is 7.53. The first-order valence-corrected chi connectivity index (χ1v) is 6.10. The third kappa shape index (κ3) is 3.70. The number of benzene rings is 2. The molecule has 0 saturated carbocycles. The van der Waals surface area contributed by atoms with E-state index >= 15 is 0 Å². The monoisotopic (exact) mass is 252 g/mol. The van der Waals surface area contributed by atoms with E-state index in [9.17, 15) is 0 Å². The molecule has 2 aromatic rings. The van der Waals surface area contributed by atoms with Crippen LogP contribution in [0.25, 0.3) is 16.8 Å². The molecule has 3 rings (SSSR count). The zero-order valence-electron chi connectivity index (χ0n) is 10.5. The summed E-state index contributed by atoms with van der Waals surface area (Å²) in [6.45, 7) is 0. The van der Waals surface area contributed by atoms with E-state index < -0.39 is 0 Å². The molecule has 0 aliphatic heterocycles. The normalized spacial score (nSPS) is 12.3. The van der Waals surface area contributed by atoms with Crippen molar-refractivity contribution in [3.05, 3.63) is 53.6 Å². The van der Waals surface area contributed by atoms with Crippen LogP contribution in [0, 0.1) is 0 Å². The number of allylic oxidation sites excluding steroid dienone is 1. The van der Waals surface area contributed by atoms with Gasteiger partial charge in [-0.15, -0.1) is 0 Å². The molecule has 1 aliphatic carbocycles. The number of rotatable bonds is 2. The summed E-state index contributed by atoms with van der Waals surface area (Å²) >= 11 is 0. The van der Waals surface area contributed by atoms with E-state index in [1.807, 2.05) is 0 Å². The highest BCUT2D eigenvalue weighted by atomic mass is 16.5. The van der Waals surface area contributed by atoms with Crippen molar-refractivity contribution in [1.82, 2.24) is 0 Å². The highest BCUT2D eigenvalue weighted by molar-refractivity contribution is 6.32. The molecule has 0 spiro atoms. The molecule has 1 aliphatic rings. The van der Waals surface area contributed by atoms with Gasteiger partial charge in [0.15, 0.2) is 0 Å². The minimum Gasteiger partial charge on any atom is -0.456 e. The Morgan fingerprint density at radius 1 is 1.00 bits per heavy atom. The number of hydrogen-bond acceptors (Lipinski definition) is 3. The maximum absolute atomic E-state index is 7.53. The van der Waals surface area contributed by atoms with Gasteiger partial charge < -0.3 is 14.6 Å². The Morgan fingerprint density at radius 3 is 2.32 bits per heavy atom. The topological polar surface area (TPSA) is 49.7 Å². The zero-order chi connectivity index (χ0) is 13.5. The second-order valence-corrected chi connectivity index (χ2v) is 4.19. The second-order valence-electron chi connectivity index (χ2n) is 4.19. The van der Waals surface area contributed by atoms with E-state index in [1.165, 1.54) is 34.7 Å². The fraction of sp³-hybridized carbons (Fsp3) is 0.143. The molecular formula is C14H14B2O3. The SMILES string of the molecule is C1=Cc2cc3ccccc3cc2CC1.O[B]O[B]O. The van der Waals surface area contributed by atoms with Crippen molar-refractivity contribution >= 4 is 32.2 Å². The van der Waals surface area contributed by atoms with Crippen LogP contribution in [0.5, 0.6) is 0 Å². The lowest BCUT2D eigenvalue weighted by Crippen LogP contribution is -2.00. The number of hydrogen-bond donors (Lipinski definition) is 2. The molecule has 94 valence electrons. The lowest BCUT2D eigenvalue weighted by molar-refractivity contribution is 0.408. The highest BCUT2D eigenvalue weighted by Gasteiger charge is 2.05. The van der Waals surface area contributed by atoms with Crippen LogP contribution >= 0.6 is 0 Å². The molecular weight excluding hydrogens is 238 g/mol. The Balaban J connectivity index is 0.000000232. The average molecular weight is 252 g/mol. The minimum atomic E-state index is 0.375. The van der Waals surface area contributed by atoms with E-state index in [0.29, 0.717) is 15.4 Å². The van der Waals surface area contributed by atoms with Crippen LogP contribution in [0.15, 0.2) is 42.5 Å². The summed E-state index contributed by atoms with van der Waals surface area (Å²) in [7, 11) is 0.750. The van der Waals surface area contributed by atoms with Crippen LogP contribution in [0.3, 0.4) is 0 Å². The lowest BCUT2D eigenvalue weighted by atomic mass is 9.94. The zero-order valence-corrected chi connectivity index (χ0v) is 10.5. The van der Waals surface area contributed by atoms with E-state index in [4.69, 9.17) is 10.0 Å². The van der Waals surface area contributed by atoms with Gasteiger partial charge in [0.05, 0.1) is 0 Å². The Bertz CT molecular complexity index is 568. The molecule has 2 N–H and O–H groups in total. The van der Waals surface area contributed by atoms with Crippen molar-refractivity contribution in [2.24, 2.45) is 0 Å². The van der Waals surface area contributed by atoms with Gasteiger partial charge in [-0.1, -0.05) is 42.5 Å². The highest BCUT2D eigenvalue weighted by Crippen LogP contribution is 2.25. The van der Waals surface area contributed by atoms with E-state index in [0.717, 1.165) is 0 Å². The summed E-state index contributed by atoms with van der Waals surface area (Å²) in [4.78, 5) is 0. The third-order valence-corrected chi connectivity index (χ3v) is 3.01. The van der Waals surface area contributed by atoms with Crippen LogP contribution in [-0.2, 0) is 11.0 Å². The molecule has 0 aromatic heterocycles. The second kappa shape index (κ2) is 7.14. The Labute approximate surface area is 114 Å². The van der Waals surface area contributed by atoms with Crippen molar-refractivity contribution in [3.8, 4) is 0 Å². The smallest absolute Gasteiger partial charge is 0.456 e. The molecule has 0 atom stereocenters. The molecule has 2 radical (unpaired) electrons. The maximum Gasteiger partial charge on any atom is 0.469 e. The molecule has 2 aromatic carbocycles. The molecule has 19 heavy (non-hydrogen) atoms. The van der Waals surface area contributed by atoms with Gasteiger partial charge in [-0.05, 0) is 40.8 Å². The first-order chi connectivity index (χ1) is 9.35. The fourth-order valence-electron chi connectivity index (χ4n) is 2.15. The predicted octanol–water partition coefficient (Wildman–Crippen LogP) is 1.86. The summed E-state index contributed by atoms with van der Waals surface area (Å²) in [5.74, 6) is 0. The molecule has 0 unspecified atom stereocenters. The lowest BCUT2D eigenvalue weighted by Gasteiger charge is -2.11. The molecule has 0 amide bonds. The van der Waals surface area contributed by atoms with E-state index in [-0.39, 0.29) is 0 Å². The summed E-state index contributed by atoms with van der Waals surface area (Å²) < 4.78 is 3.69. The van der Waals surface area contributed by atoms with Crippen LogP contribution in [0.4, 0.5) is 0 Å². The quantitative estimate of drug-likeness (QED) is 0.802. The third-order valence-electron chi connectivity index (χ3n) is 3.01. The predicted molar refractivity (Wildman–Crippen MR) is 78.3 cm³/mol. The fourth-order valence-corrected chi connectivity index (χ4v) is 2.15. The van der Waals surface area contributed by atoms with Crippen LogP contribution < -0.4 is 0 Å². The summed E-state index contributed by atoms with van der Waals surface area (Å²) in [6.07, 6.45) is 6.88. The van der Waals surface area contributed by atoms with E-state index in [1.54, 1.807) is 0 Å². The first kappa shape index (κ1) is 13.9. The standard InChI is InChI=1S/C14H12.B2H2O3/c1-2-6-12-10-14-8-4-3-7-13(14)9-11(12)5-1;3-1-5-2-4/h1-3,5-7,9-10H,4,8H2;3-4H. The van der Waals surface area contributed by atoms with Gasteiger partial charge in [-0.25, -0.2) is 0 Å². The van der Waals surface area contributed by atoms with Gasteiger partial charge >= 0.3 is 15.4 Å². The molecule has 0 bridgehead atoms. The summed E-state index contributed by atoms with van der Waals surface area (Å²) in [5.41, 5.74) is 2.89. The van der Waals surface area contributed by atoms with Crippen molar-refractivity contribution in [2.45, 2.75) is 12.8 Å². The van der Waals surface area contributed by atoms with Crippen LogP contribution in [0.1, 0.15) is 17.5 Å². The Hall–Kier alpha value is -1.55. The minimum absolute atomic E-state index is 0.375. The van der Waals surface area contributed by atoms with Crippen LogP contribution in [0.2, 0.25) is 0 Å². The van der Waals surface area contributed by atoms with Crippen molar-refractivity contribution in [3.63, 3.8) is 0 Å². The van der Waals surface area contributed by atoms with Crippen LogP contribution in [-0.4, -0.2) is 25.4 Å². The first-order valence-electron chi connectivity index (χ1n) is 6.10. The van der Waals surface area contributed by atoms with Gasteiger partial charge in [-0.3, -0.25) is 0 Å². The average Bonchev–Trinajstić information content (AvgIpc) is 2.46. The molecule has 0 heterocycles. The molecule has 0 fully saturated rings. The van der Waals surface area contributed by atoms with Crippen molar-refractivity contribution in [2.75, 3.05) is 0 Å². The van der Waals surface area contributed by atoms with Gasteiger partial charge in [0.2, 0.25) is 0 Å². The summed E-state index contributed by atoms with van der Waals surface area (Å²) in [5, 5.41) is 17.8. The number of fused-ring (bicyclic) bond motifs is 2. The Kier molecular flexibility index (Phi) is 5.21. The van der Waals surface area contributed by atoms with Gasteiger partial charge in [0, 0.05) is 0 Å². The molecule has 3 nitrogen and oxygen atoms in total. The molecule has 0 saturated heterocycles. The van der Waals surface area contributed by atoms with Crippen molar-refractivity contribution in [1.29, 1.82) is 0 Å². The largest absolute Gasteiger partial charge is 0.469 e. The number of aryl methyl sites for hydroxylation is 1. The van der Waals surface area contributed by atoms with Crippen molar-refractivity contribution < 1.29 is 14.6 Å².